The van der Waals surface area contributed by atoms with Gasteiger partial charge in [-0.15, -0.1) is 23.2 Å². The molecule has 25 heavy (non-hydrogen) atoms. The first kappa shape index (κ1) is 19.9. The van der Waals surface area contributed by atoms with Crippen molar-refractivity contribution in [2.45, 2.75) is 10.3 Å². The first-order valence-corrected chi connectivity index (χ1v) is 8.57. The topological polar surface area (TPSA) is 80.4 Å². The third-order valence-corrected chi connectivity index (χ3v) is 5.00. The molecule has 2 aromatic rings. The third-order valence-electron chi connectivity index (χ3n) is 3.62. The SMILES string of the molecule is NC(=O)C1C(c2cc(Cl)cc(Cl)c2)C1(Cl)Cl.O=C(O)c1ccccc1. The number of halogens is 4. The number of alkyl halides is 2. The van der Waals surface area contributed by atoms with Crippen molar-refractivity contribution in [2.75, 3.05) is 0 Å². The summed E-state index contributed by atoms with van der Waals surface area (Å²) in [5.41, 5.74) is 6.26. The van der Waals surface area contributed by atoms with Crippen molar-refractivity contribution in [3.8, 4) is 0 Å². The molecule has 0 saturated heterocycles. The Bertz CT molecular complexity index is 775. The molecular formula is C17H13Cl4NO3. The predicted molar refractivity (Wildman–Crippen MR) is 99.7 cm³/mol. The molecule has 0 aliphatic heterocycles. The lowest BCUT2D eigenvalue weighted by atomic mass is 10.1. The number of aromatic carboxylic acids is 1. The molecule has 2 unspecified atom stereocenters. The molecule has 2 aromatic carbocycles. The van der Waals surface area contributed by atoms with Gasteiger partial charge in [0.25, 0.3) is 0 Å². The summed E-state index contributed by atoms with van der Waals surface area (Å²) in [6.07, 6.45) is 0. The molecule has 1 saturated carbocycles. The van der Waals surface area contributed by atoms with E-state index in [9.17, 15) is 9.59 Å². The fourth-order valence-electron chi connectivity index (χ4n) is 2.43. The van der Waals surface area contributed by atoms with E-state index >= 15 is 0 Å². The molecular weight excluding hydrogens is 408 g/mol. The zero-order chi connectivity index (χ0) is 18.8. The van der Waals surface area contributed by atoms with Crippen molar-refractivity contribution < 1.29 is 14.7 Å². The van der Waals surface area contributed by atoms with Gasteiger partial charge in [-0.25, -0.2) is 4.79 Å². The van der Waals surface area contributed by atoms with E-state index in [1.165, 1.54) is 0 Å². The first-order chi connectivity index (χ1) is 11.6. The van der Waals surface area contributed by atoms with Crippen LogP contribution in [0.4, 0.5) is 0 Å². The first-order valence-electron chi connectivity index (χ1n) is 7.06. The summed E-state index contributed by atoms with van der Waals surface area (Å²) in [7, 11) is 0. The number of carboxylic acids is 1. The van der Waals surface area contributed by atoms with E-state index in [0.29, 0.717) is 15.6 Å². The lowest BCUT2D eigenvalue weighted by Gasteiger charge is -2.02. The summed E-state index contributed by atoms with van der Waals surface area (Å²) < 4.78 is -1.15. The van der Waals surface area contributed by atoms with Crippen LogP contribution in [0.15, 0.2) is 48.5 Å². The lowest BCUT2D eigenvalue weighted by molar-refractivity contribution is -0.119. The number of rotatable bonds is 3. The largest absolute Gasteiger partial charge is 0.478 e. The van der Waals surface area contributed by atoms with Gasteiger partial charge in [0, 0.05) is 16.0 Å². The molecule has 3 rings (SSSR count). The van der Waals surface area contributed by atoms with Crippen molar-refractivity contribution in [2.24, 2.45) is 11.7 Å². The number of hydrogen-bond donors (Lipinski definition) is 2. The van der Waals surface area contributed by atoms with Gasteiger partial charge in [-0.3, -0.25) is 4.79 Å². The highest BCUT2D eigenvalue weighted by molar-refractivity contribution is 6.53. The molecule has 1 fully saturated rings. The van der Waals surface area contributed by atoms with Gasteiger partial charge in [0.15, 0.2) is 0 Å². The van der Waals surface area contributed by atoms with Gasteiger partial charge in [0.1, 0.15) is 4.33 Å². The second-order valence-corrected chi connectivity index (χ2v) is 7.72. The Morgan fingerprint density at radius 1 is 1.00 bits per heavy atom. The molecule has 0 radical (unpaired) electrons. The van der Waals surface area contributed by atoms with Crippen LogP contribution in [0.5, 0.6) is 0 Å². The van der Waals surface area contributed by atoms with Gasteiger partial charge in [0.05, 0.1) is 11.5 Å². The number of benzene rings is 2. The highest BCUT2D eigenvalue weighted by Crippen LogP contribution is 2.65. The Morgan fingerprint density at radius 2 is 1.52 bits per heavy atom. The molecule has 132 valence electrons. The number of primary amides is 1. The summed E-state index contributed by atoms with van der Waals surface area (Å²) in [6.45, 7) is 0. The maximum absolute atomic E-state index is 11.1. The van der Waals surface area contributed by atoms with E-state index in [-0.39, 0.29) is 5.92 Å². The van der Waals surface area contributed by atoms with Crippen LogP contribution in [0.25, 0.3) is 0 Å². The Labute approximate surface area is 164 Å². The van der Waals surface area contributed by atoms with Gasteiger partial charge >= 0.3 is 5.97 Å². The van der Waals surface area contributed by atoms with Crippen LogP contribution in [0, 0.1) is 5.92 Å². The number of nitrogens with two attached hydrogens (primary N) is 1. The summed E-state index contributed by atoms with van der Waals surface area (Å²) in [6, 6.07) is 13.3. The molecule has 1 amide bonds. The highest BCUT2D eigenvalue weighted by atomic mass is 35.5. The van der Waals surface area contributed by atoms with E-state index in [1.54, 1.807) is 48.5 Å². The molecule has 0 spiro atoms. The van der Waals surface area contributed by atoms with Crippen molar-refractivity contribution in [1.29, 1.82) is 0 Å². The van der Waals surface area contributed by atoms with E-state index in [4.69, 9.17) is 57.2 Å². The van der Waals surface area contributed by atoms with E-state index < -0.39 is 22.1 Å². The van der Waals surface area contributed by atoms with Crippen LogP contribution < -0.4 is 5.73 Å². The standard InChI is InChI=1S/C10H7Cl4NO.C7H6O2/c11-5-1-4(2-6(12)3-5)7-8(9(15)16)10(7,13)14;8-7(9)6-4-2-1-3-5-6/h1-3,7-8H,(H2,15,16);1-5H,(H,8,9). The number of carbonyl (C=O) groups is 2. The summed E-state index contributed by atoms with van der Waals surface area (Å²) in [5, 5.41) is 9.33. The number of carbonyl (C=O) groups excluding carboxylic acids is 1. The van der Waals surface area contributed by atoms with Crippen LogP contribution in [0.1, 0.15) is 21.8 Å². The fourth-order valence-corrected chi connectivity index (χ4v) is 3.82. The zero-order valence-electron chi connectivity index (χ0n) is 12.6. The second kappa shape index (κ2) is 7.83. The van der Waals surface area contributed by atoms with Gasteiger partial charge < -0.3 is 10.8 Å². The molecule has 1 aliphatic carbocycles. The van der Waals surface area contributed by atoms with Crippen molar-refractivity contribution >= 4 is 58.3 Å². The minimum absolute atomic E-state index is 0.331. The molecule has 8 heteroatoms. The average molecular weight is 421 g/mol. The van der Waals surface area contributed by atoms with Crippen LogP contribution >= 0.6 is 46.4 Å². The summed E-state index contributed by atoms with van der Waals surface area (Å²) in [4.78, 5) is 21.3. The third kappa shape index (κ3) is 4.79. The molecule has 1 aliphatic rings. The molecule has 2 atom stereocenters. The summed E-state index contributed by atoms with van der Waals surface area (Å²) >= 11 is 23.7. The molecule has 0 heterocycles. The minimum Gasteiger partial charge on any atom is -0.478 e. The normalized spacial score (nSPS) is 20.2. The smallest absolute Gasteiger partial charge is 0.335 e. The van der Waals surface area contributed by atoms with Gasteiger partial charge in [-0.2, -0.15) is 0 Å². The molecule has 0 bridgehead atoms. The Hall–Kier alpha value is -1.46. The lowest BCUT2D eigenvalue weighted by Crippen LogP contribution is -2.16. The van der Waals surface area contributed by atoms with Crippen LogP contribution in [-0.2, 0) is 4.79 Å². The fraction of sp³-hybridized carbons (Fsp3) is 0.176. The Kier molecular flexibility index (Phi) is 6.22. The maximum Gasteiger partial charge on any atom is 0.335 e. The van der Waals surface area contributed by atoms with Crippen molar-refractivity contribution in [3.05, 3.63) is 69.7 Å². The molecule has 0 aromatic heterocycles. The number of hydrogen-bond acceptors (Lipinski definition) is 2. The highest BCUT2D eigenvalue weighted by Gasteiger charge is 2.67. The van der Waals surface area contributed by atoms with Gasteiger partial charge in [-0.05, 0) is 35.9 Å². The maximum atomic E-state index is 11.1. The molecule has 3 N–H and O–H groups in total. The quantitative estimate of drug-likeness (QED) is 0.703. The van der Waals surface area contributed by atoms with Crippen LogP contribution in [-0.4, -0.2) is 21.3 Å². The van der Waals surface area contributed by atoms with Crippen LogP contribution in [0.3, 0.4) is 0 Å². The van der Waals surface area contributed by atoms with E-state index in [0.717, 1.165) is 5.56 Å². The summed E-state index contributed by atoms with van der Waals surface area (Å²) in [5.74, 6) is -2.34. The second-order valence-electron chi connectivity index (χ2n) is 5.41. The Balaban J connectivity index is 0.000000212. The van der Waals surface area contributed by atoms with Gasteiger partial charge in [0.2, 0.25) is 5.91 Å². The average Bonchev–Trinajstić information content (AvgIpc) is 3.11. The Morgan fingerprint density at radius 3 is 1.88 bits per heavy atom. The number of amides is 1. The minimum atomic E-state index is -1.15. The van der Waals surface area contributed by atoms with Crippen molar-refractivity contribution in [3.63, 3.8) is 0 Å². The molecule has 4 nitrogen and oxygen atoms in total. The predicted octanol–water partition coefficient (Wildman–Crippen LogP) is 4.75. The monoisotopic (exact) mass is 419 g/mol. The van der Waals surface area contributed by atoms with Gasteiger partial charge in [-0.1, -0.05) is 41.4 Å². The van der Waals surface area contributed by atoms with Crippen molar-refractivity contribution in [1.82, 2.24) is 0 Å². The van der Waals surface area contributed by atoms with E-state index in [2.05, 4.69) is 0 Å². The van der Waals surface area contributed by atoms with E-state index in [1.807, 2.05) is 0 Å². The zero-order valence-corrected chi connectivity index (χ0v) is 15.7. The van der Waals surface area contributed by atoms with Crippen LogP contribution in [0.2, 0.25) is 10.0 Å². The number of carboxylic acid groups (broad SMARTS) is 1.